The van der Waals surface area contributed by atoms with Crippen LogP contribution in [0.3, 0.4) is 0 Å². The summed E-state index contributed by atoms with van der Waals surface area (Å²) in [5.74, 6) is 2.72. The number of methoxy groups -OCH3 is 2. The molecule has 2 aromatic rings. The van der Waals surface area contributed by atoms with E-state index in [9.17, 15) is 30.6 Å². The van der Waals surface area contributed by atoms with Crippen LogP contribution in [0, 0.1) is 29.6 Å². The molecule has 0 spiro atoms. The lowest BCUT2D eigenvalue weighted by molar-refractivity contribution is -0.0808. The van der Waals surface area contributed by atoms with Gasteiger partial charge in [0.2, 0.25) is 5.75 Å². The number of hydrogen-bond donors (Lipinski definition) is 7. The van der Waals surface area contributed by atoms with E-state index in [1.54, 1.807) is 18.2 Å². The molecule has 1 aliphatic heterocycles. The van der Waals surface area contributed by atoms with E-state index in [1.165, 1.54) is 42.2 Å². The van der Waals surface area contributed by atoms with E-state index in [0.29, 0.717) is 54.2 Å². The lowest BCUT2D eigenvalue weighted by Crippen LogP contribution is -2.39. The Balaban J connectivity index is 1.40. The van der Waals surface area contributed by atoms with Crippen molar-refractivity contribution >= 4 is 21.6 Å². The van der Waals surface area contributed by atoms with Gasteiger partial charge in [0.05, 0.1) is 38.6 Å². The Morgan fingerprint density at radius 2 is 1.65 bits per heavy atom. The van der Waals surface area contributed by atoms with E-state index in [4.69, 9.17) is 18.9 Å². The minimum absolute atomic E-state index is 0.0341. The van der Waals surface area contributed by atoms with E-state index in [1.807, 2.05) is 13.1 Å². The van der Waals surface area contributed by atoms with Crippen molar-refractivity contribution in [3.05, 3.63) is 53.1 Å². The third-order valence-corrected chi connectivity index (χ3v) is 14.7. The molecule has 7 N–H and O–H groups in total. The molecule has 55 heavy (non-hydrogen) atoms. The molecule has 11 nitrogen and oxygen atoms in total. The fourth-order valence-corrected chi connectivity index (χ4v) is 11.8. The van der Waals surface area contributed by atoms with Crippen LogP contribution in [0.1, 0.15) is 80.2 Å². The van der Waals surface area contributed by atoms with E-state index < -0.39 is 31.0 Å². The third kappa shape index (κ3) is 11.6. The highest BCUT2D eigenvalue weighted by Crippen LogP contribution is 2.48. The van der Waals surface area contributed by atoms with Gasteiger partial charge in [-0.05, 0) is 142 Å². The van der Waals surface area contributed by atoms with Crippen LogP contribution >= 0.6 is 21.6 Å². The summed E-state index contributed by atoms with van der Waals surface area (Å²) in [7, 11) is 7.90. The Hall–Kier alpha value is -2.36. The number of nitrogens with one attached hydrogen (secondary N) is 1. The van der Waals surface area contributed by atoms with Gasteiger partial charge in [-0.1, -0.05) is 40.7 Å². The van der Waals surface area contributed by atoms with Crippen LogP contribution in [0.25, 0.3) is 0 Å². The van der Waals surface area contributed by atoms with E-state index in [-0.39, 0.29) is 59.6 Å². The van der Waals surface area contributed by atoms with Gasteiger partial charge in [0, 0.05) is 23.5 Å². The van der Waals surface area contributed by atoms with Crippen molar-refractivity contribution < 1.29 is 49.6 Å². The summed E-state index contributed by atoms with van der Waals surface area (Å²) in [4.78, 5) is 0. The molecule has 1 heterocycles. The molecule has 3 aliphatic rings. The normalized spacial score (nSPS) is 30.7. The highest BCUT2D eigenvalue weighted by Gasteiger charge is 2.37. The number of benzene rings is 2. The van der Waals surface area contributed by atoms with Crippen molar-refractivity contribution in [2.24, 2.45) is 29.6 Å². The SMILES string of the molecule is CNC[C@H]1CC[C@H](Oc2cc3c(cc2O)[C@H](CCO)SSC[C@H](O)[C@@H](Cc2cc(OC)c(O)c(OC)c2)[C@H](O)C[C@@H](OCO)CC3)C[C@@H]1[C@H]1C=CC[C@H](C)C1. The van der Waals surface area contributed by atoms with Crippen LogP contribution in [0.4, 0.5) is 0 Å². The molecule has 0 amide bonds. The molecule has 2 aliphatic carbocycles. The molecule has 0 aromatic heterocycles. The number of ether oxygens (including phenoxy) is 4. The molecule has 10 atom stereocenters. The van der Waals surface area contributed by atoms with Crippen molar-refractivity contribution in [2.75, 3.05) is 47.0 Å². The average molecular weight is 806 g/mol. The zero-order chi connectivity index (χ0) is 39.5. The van der Waals surface area contributed by atoms with Crippen LogP contribution in [-0.2, 0) is 17.6 Å². The standard InChI is InChI=1S/C42H63NO10S2/c1-25-6-5-7-27(14-25)32-19-31(11-9-29(32)22-43-2)53-38-18-28-8-10-30(52-24-45)20-35(46)34(15-26-16-39(50-3)42(49)40(17-26)51-4)37(48)23-54-55-41(12-13-44)33(28)21-36(38)47/h5,7,16-18,21,25,27,29-32,34-35,37,41,43-49H,6,8-15,19-20,22-24H2,1-4H3/t25-,27-,29+,30-,31-,32+,34-,35+,37-,41-/m0/s1. The summed E-state index contributed by atoms with van der Waals surface area (Å²) >= 11 is 0. The first-order chi connectivity index (χ1) is 26.6. The van der Waals surface area contributed by atoms with Crippen molar-refractivity contribution in [3.8, 4) is 28.7 Å². The molecule has 308 valence electrons. The average Bonchev–Trinajstić information content (AvgIpc) is 3.17. The maximum atomic E-state index is 11.7. The number of aromatic hydroxyl groups is 2. The number of fused-ring (bicyclic) bond motifs is 1. The summed E-state index contributed by atoms with van der Waals surface area (Å²) in [5.41, 5.74) is 2.53. The monoisotopic (exact) mass is 805 g/mol. The Labute approximate surface area is 334 Å². The predicted octanol–water partition coefficient (Wildman–Crippen LogP) is 6.16. The topological polar surface area (TPSA) is 170 Å². The van der Waals surface area contributed by atoms with E-state index >= 15 is 0 Å². The maximum Gasteiger partial charge on any atom is 0.200 e. The molecular formula is C42H63NO10S2. The first-order valence-corrected chi connectivity index (χ1v) is 22.2. The quantitative estimate of drug-likeness (QED) is 0.0699. The second-order valence-electron chi connectivity index (χ2n) is 15.6. The summed E-state index contributed by atoms with van der Waals surface area (Å²) in [6.07, 6.45) is 9.25. The summed E-state index contributed by atoms with van der Waals surface area (Å²) in [6.45, 7) is 2.72. The van der Waals surface area contributed by atoms with Gasteiger partial charge in [-0.2, -0.15) is 0 Å². The molecule has 0 unspecified atom stereocenters. The zero-order valence-corrected chi connectivity index (χ0v) is 34.4. The minimum atomic E-state index is -0.997. The van der Waals surface area contributed by atoms with Crippen LogP contribution in [0.2, 0.25) is 0 Å². The second-order valence-corrected chi connectivity index (χ2v) is 18.3. The number of aryl methyl sites for hydroxylation is 1. The molecule has 0 radical (unpaired) electrons. The molecule has 2 aromatic carbocycles. The maximum absolute atomic E-state index is 11.7. The van der Waals surface area contributed by atoms with Crippen LogP contribution < -0.4 is 19.5 Å². The molecule has 0 bridgehead atoms. The second kappa shape index (κ2) is 21.4. The molecule has 13 heteroatoms. The Bertz CT molecular complexity index is 1500. The molecule has 5 rings (SSSR count). The molecule has 1 saturated carbocycles. The summed E-state index contributed by atoms with van der Waals surface area (Å²) < 4.78 is 23.2. The van der Waals surface area contributed by atoms with E-state index in [2.05, 4.69) is 24.4 Å². The Morgan fingerprint density at radius 1 is 0.891 bits per heavy atom. The number of hydrogen-bond acceptors (Lipinski definition) is 13. The lowest BCUT2D eigenvalue weighted by atomic mass is 9.67. The highest BCUT2D eigenvalue weighted by atomic mass is 33.1. The number of aliphatic hydroxyl groups is 4. The smallest absolute Gasteiger partial charge is 0.200 e. The first kappa shape index (κ1) is 43.8. The van der Waals surface area contributed by atoms with Crippen molar-refractivity contribution in [1.29, 1.82) is 0 Å². The predicted molar refractivity (Wildman–Crippen MR) is 218 cm³/mol. The van der Waals surface area contributed by atoms with Crippen LogP contribution in [0.5, 0.6) is 28.7 Å². The third-order valence-electron chi connectivity index (χ3n) is 11.8. The van der Waals surface area contributed by atoms with Crippen LogP contribution in [0.15, 0.2) is 36.4 Å². The van der Waals surface area contributed by atoms with Gasteiger partial charge in [-0.25, -0.2) is 0 Å². The summed E-state index contributed by atoms with van der Waals surface area (Å²) in [6, 6.07) is 7.05. The lowest BCUT2D eigenvalue weighted by Gasteiger charge is -2.41. The molecule has 0 saturated heterocycles. The number of allylic oxidation sites excluding steroid dienone is 2. The van der Waals surface area contributed by atoms with E-state index in [0.717, 1.165) is 43.4 Å². The Kier molecular flexibility index (Phi) is 17.0. The number of rotatable bonds is 13. The first-order valence-electron chi connectivity index (χ1n) is 19.8. The fourth-order valence-electron chi connectivity index (χ4n) is 8.92. The molecular weight excluding hydrogens is 743 g/mol. The molecule has 1 fully saturated rings. The van der Waals surface area contributed by atoms with Gasteiger partial charge in [0.1, 0.15) is 6.79 Å². The number of phenolic OH excluding ortho intramolecular Hbond substituents is 2. The van der Waals surface area contributed by atoms with Crippen molar-refractivity contribution in [2.45, 2.75) is 101 Å². The Morgan fingerprint density at radius 3 is 2.33 bits per heavy atom. The van der Waals surface area contributed by atoms with Gasteiger partial charge >= 0.3 is 0 Å². The minimum Gasteiger partial charge on any atom is -0.504 e. The van der Waals surface area contributed by atoms with Gasteiger partial charge in [-0.15, -0.1) is 0 Å². The largest absolute Gasteiger partial charge is 0.504 e. The van der Waals surface area contributed by atoms with Gasteiger partial charge in [-0.3, -0.25) is 0 Å². The van der Waals surface area contributed by atoms with Gasteiger partial charge in [0.15, 0.2) is 23.0 Å². The zero-order valence-electron chi connectivity index (χ0n) is 32.8. The fraction of sp³-hybridized carbons (Fsp3) is 0.667. The number of aliphatic hydroxyl groups excluding tert-OH is 4. The van der Waals surface area contributed by atoms with Gasteiger partial charge < -0.3 is 54.9 Å². The van der Waals surface area contributed by atoms with Gasteiger partial charge in [0.25, 0.3) is 0 Å². The highest BCUT2D eigenvalue weighted by molar-refractivity contribution is 8.76. The van der Waals surface area contributed by atoms with Crippen molar-refractivity contribution in [3.63, 3.8) is 0 Å². The van der Waals surface area contributed by atoms with Crippen LogP contribution in [-0.4, -0.2) is 102 Å². The summed E-state index contributed by atoms with van der Waals surface area (Å²) in [5, 5.41) is 68.5. The number of phenols is 2. The van der Waals surface area contributed by atoms with Crippen molar-refractivity contribution in [1.82, 2.24) is 5.32 Å².